The molecule has 3 aromatic rings. The molecule has 1 atom stereocenters. The number of guanidine groups is 1. The van der Waals surface area contributed by atoms with Crippen LogP contribution in [0.25, 0.3) is 11.3 Å². The van der Waals surface area contributed by atoms with Crippen molar-refractivity contribution < 1.29 is 4.52 Å². The van der Waals surface area contributed by atoms with Crippen LogP contribution >= 0.6 is 24.0 Å². The number of aryl methyl sites for hydroxylation is 1. The van der Waals surface area contributed by atoms with Gasteiger partial charge in [-0.2, -0.15) is 5.10 Å². The first-order chi connectivity index (χ1) is 13.7. The van der Waals surface area contributed by atoms with E-state index in [9.17, 15) is 0 Å². The van der Waals surface area contributed by atoms with E-state index in [4.69, 9.17) is 9.52 Å². The molecular formula is C21H27IN6O. The van der Waals surface area contributed by atoms with Gasteiger partial charge in [-0.1, -0.05) is 35.5 Å². The highest BCUT2D eigenvalue weighted by Gasteiger charge is 2.26. The minimum Gasteiger partial charge on any atom is -0.357 e. The Kier molecular flexibility index (Phi) is 7.29. The zero-order valence-electron chi connectivity index (χ0n) is 16.8. The third kappa shape index (κ3) is 5.17. The molecular weight excluding hydrogens is 479 g/mol. The standard InChI is InChI=1S/C21H26N6O.HI/c1-3-22-21(27-10-9-17(15-27)18-12-24-26(2)14-18)23-13-19-11-20(28-25-19)16-7-5-4-6-8-16;/h4-8,11-12,14,17H,3,9-10,13,15H2,1-2H3,(H,22,23);1H. The second kappa shape index (κ2) is 9.91. The summed E-state index contributed by atoms with van der Waals surface area (Å²) in [5.74, 6) is 2.20. The number of aliphatic imine (C=N–C) groups is 1. The number of rotatable bonds is 5. The van der Waals surface area contributed by atoms with Gasteiger partial charge in [0.15, 0.2) is 11.7 Å². The summed E-state index contributed by atoms with van der Waals surface area (Å²) in [7, 11) is 1.96. The van der Waals surface area contributed by atoms with Crippen LogP contribution in [-0.2, 0) is 13.6 Å². The van der Waals surface area contributed by atoms with Gasteiger partial charge in [-0.15, -0.1) is 24.0 Å². The van der Waals surface area contributed by atoms with Gasteiger partial charge in [0, 0.05) is 50.4 Å². The zero-order chi connectivity index (χ0) is 19.3. The lowest BCUT2D eigenvalue weighted by Gasteiger charge is -2.21. The van der Waals surface area contributed by atoms with E-state index in [1.807, 2.05) is 54.3 Å². The predicted octanol–water partition coefficient (Wildman–Crippen LogP) is 3.65. The fourth-order valence-electron chi connectivity index (χ4n) is 3.58. The second-order valence-corrected chi connectivity index (χ2v) is 7.10. The Hall–Kier alpha value is -2.36. The zero-order valence-corrected chi connectivity index (χ0v) is 19.1. The van der Waals surface area contributed by atoms with Crippen LogP contribution in [0.15, 0.2) is 58.3 Å². The number of aromatic nitrogens is 3. The normalized spacial score (nSPS) is 16.7. The lowest BCUT2D eigenvalue weighted by atomic mass is 10.0. The Morgan fingerprint density at radius 1 is 1.31 bits per heavy atom. The van der Waals surface area contributed by atoms with Gasteiger partial charge in [0.1, 0.15) is 5.69 Å². The topological polar surface area (TPSA) is 71.5 Å². The summed E-state index contributed by atoms with van der Waals surface area (Å²) in [6.45, 7) is 5.35. The van der Waals surface area contributed by atoms with Gasteiger partial charge in [-0.3, -0.25) is 4.68 Å². The summed E-state index contributed by atoms with van der Waals surface area (Å²) >= 11 is 0. The molecule has 1 aliphatic heterocycles. The summed E-state index contributed by atoms with van der Waals surface area (Å²) in [6, 6.07) is 12.0. The van der Waals surface area contributed by atoms with Crippen molar-refractivity contribution in [2.24, 2.45) is 12.0 Å². The number of nitrogens with one attached hydrogen (secondary N) is 1. The summed E-state index contributed by atoms with van der Waals surface area (Å²) in [5, 5.41) is 11.9. The number of likely N-dealkylation sites (tertiary alicyclic amines) is 1. The molecule has 1 aromatic carbocycles. The largest absolute Gasteiger partial charge is 0.357 e. The van der Waals surface area contributed by atoms with E-state index < -0.39 is 0 Å². The van der Waals surface area contributed by atoms with Crippen molar-refractivity contribution in [1.82, 2.24) is 25.2 Å². The lowest BCUT2D eigenvalue weighted by Crippen LogP contribution is -2.40. The van der Waals surface area contributed by atoms with E-state index in [0.717, 1.165) is 49.0 Å². The molecule has 1 fully saturated rings. The molecule has 1 saturated heterocycles. The molecule has 2 aromatic heterocycles. The fraction of sp³-hybridized carbons (Fsp3) is 0.381. The molecule has 0 spiro atoms. The lowest BCUT2D eigenvalue weighted by molar-refractivity contribution is 0.423. The first-order valence-electron chi connectivity index (χ1n) is 9.75. The van der Waals surface area contributed by atoms with Crippen molar-refractivity contribution in [3.05, 3.63) is 60.0 Å². The first-order valence-corrected chi connectivity index (χ1v) is 9.75. The highest BCUT2D eigenvalue weighted by atomic mass is 127. The van der Waals surface area contributed by atoms with Crippen LogP contribution in [0.2, 0.25) is 0 Å². The van der Waals surface area contributed by atoms with E-state index in [1.165, 1.54) is 5.56 Å². The van der Waals surface area contributed by atoms with Crippen molar-refractivity contribution in [3.8, 4) is 11.3 Å². The van der Waals surface area contributed by atoms with Crippen LogP contribution in [0, 0.1) is 0 Å². The predicted molar refractivity (Wildman–Crippen MR) is 124 cm³/mol. The molecule has 0 saturated carbocycles. The average Bonchev–Trinajstić information content (AvgIpc) is 3.46. The van der Waals surface area contributed by atoms with Crippen molar-refractivity contribution >= 4 is 29.9 Å². The van der Waals surface area contributed by atoms with Crippen LogP contribution in [0.3, 0.4) is 0 Å². The van der Waals surface area contributed by atoms with Gasteiger partial charge in [-0.25, -0.2) is 4.99 Å². The number of nitrogens with zero attached hydrogens (tertiary/aromatic N) is 5. The molecule has 0 aliphatic carbocycles. The maximum Gasteiger partial charge on any atom is 0.194 e. The quantitative estimate of drug-likeness (QED) is 0.325. The van der Waals surface area contributed by atoms with Crippen LogP contribution in [0.4, 0.5) is 0 Å². The summed E-state index contributed by atoms with van der Waals surface area (Å²) < 4.78 is 7.35. The van der Waals surface area contributed by atoms with Crippen LogP contribution in [0.1, 0.15) is 30.5 Å². The fourth-order valence-corrected chi connectivity index (χ4v) is 3.58. The Bertz CT molecular complexity index is 936. The molecule has 0 bridgehead atoms. The van der Waals surface area contributed by atoms with Crippen molar-refractivity contribution in [2.75, 3.05) is 19.6 Å². The molecule has 4 rings (SSSR count). The van der Waals surface area contributed by atoms with Gasteiger partial charge in [0.2, 0.25) is 0 Å². The maximum absolute atomic E-state index is 5.48. The third-order valence-corrected chi connectivity index (χ3v) is 5.03. The Morgan fingerprint density at radius 2 is 2.14 bits per heavy atom. The molecule has 3 heterocycles. The molecule has 154 valence electrons. The molecule has 7 nitrogen and oxygen atoms in total. The molecule has 8 heteroatoms. The van der Waals surface area contributed by atoms with Crippen LogP contribution < -0.4 is 5.32 Å². The first kappa shape index (κ1) is 21.4. The van der Waals surface area contributed by atoms with E-state index >= 15 is 0 Å². The van der Waals surface area contributed by atoms with Crippen molar-refractivity contribution in [2.45, 2.75) is 25.8 Å². The number of benzene rings is 1. The van der Waals surface area contributed by atoms with E-state index in [1.54, 1.807) is 0 Å². The molecule has 0 amide bonds. The Labute approximate surface area is 188 Å². The Balaban J connectivity index is 0.00000240. The Morgan fingerprint density at radius 3 is 2.86 bits per heavy atom. The van der Waals surface area contributed by atoms with Crippen molar-refractivity contribution in [3.63, 3.8) is 0 Å². The number of hydrogen-bond acceptors (Lipinski definition) is 4. The molecule has 0 radical (unpaired) electrons. The van der Waals surface area contributed by atoms with Gasteiger partial charge in [0.05, 0.1) is 12.7 Å². The van der Waals surface area contributed by atoms with Gasteiger partial charge < -0.3 is 14.7 Å². The van der Waals surface area contributed by atoms with E-state index in [0.29, 0.717) is 12.5 Å². The van der Waals surface area contributed by atoms with E-state index in [-0.39, 0.29) is 24.0 Å². The van der Waals surface area contributed by atoms with Gasteiger partial charge >= 0.3 is 0 Å². The molecule has 1 unspecified atom stereocenters. The SMILES string of the molecule is CCNC(=NCc1cc(-c2ccccc2)on1)N1CCC(c2cnn(C)c2)C1.I. The number of halogens is 1. The molecule has 1 N–H and O–H groups in total. The molecule has 1 aliphatic rings. The van der Waals surface area contributed by atoms with Crippen LogP contribution in [-0.4, -0.2) is 45.4 Å². The summed E-state index contributed by atoms with van der Waals surface area (Å²) in [6.07, 6.45) is 5.19. The minimum absolute atomic E-state index is 0. The van der Waals surface area contributed by atoms with Crippen molar-refractivity contribution in [1.29, 1.82) is 0 Å². The van der Waals surface area contributed by atoms with Gasteiger partial charge in [-0.05, 0) is 18.9 Å². The third-order valence-electron chi connectivity index (χ3n) is 5.03. The summed E-state index contributed by atoms with van der Waals surface area (Å²) in [4.78, 5) is 7.11. The number of hydrogen-bond donors (Lipinski definition) is 1. The monoisotopic (exact) mass is 506 g/mol. The average molecular weight is 506 g/mol. The summed E-state index contributed by atoms with van der Waals surface area (Å²) in [5.41, 5.74) is 3.15. The molecule has 29 heavy (non-hydrogen) atoms. The van der Waals surface area contributed by atoms with Gasteiger partial charge in [0.25, 0.3) is 0 Å². The maximum atomic E-state index is 5.48. The highest BCUT2D eigenvalue weighted by Crippen LogP contribution is 2.27. The smallest absolute Gasteiger partial charge is 0.194 e. The van der Waals surface area contributed by atoms with E-state index in [2.05, 4.69) is 33.6 Å². The highest BCUT2D eigenvalue weighted by molar-refractivity contribution is 14.0. The minimum atomic E-state index is 0. The second-order valence-electron chi connectivity index (χ2n) is 7.10. The van der Waals surface area contributed by atoms with Crippen LogP contribution in [0.5, 0.6) is 0 Å².